The molecule has 0 saturated carbocycles. The molecule has 0 amide bonds. The maximum Gasteiger partial charge on any atom is 0.191 e. The van der Waals surface area contributed by atoms with Gasteiger partial charge in [-0.15, -0.1) is 0 Å². The Labute approximate surface area is 120 Å². The predicted octanol–water partition coefficient (Wildman–Crippen LogP) is 0.832. The predicted molar refractivity (Wildman–Crippen MR) is 83.7 cm³/mol. The van der Waals surface area contributed by atoms with Crippen molar-refractivity contribution in [3.63, 3.8) is 0 Å². The van der Waals surface area contributed by atoms with Crippen LogP contribution < -0.4 is 5.73 Å². The van der Waals surface area contributed by atoms with Gasteiger partial charge in [-0.25, -0.2) is 4.99 Å². The quantitative estimate of drug-likeness (QED) is 0.599. The molecule has 0 atom stereocenters. The minimum atomic E-state index is 0.572. The minimum Gasteiger partial charge on any atom is -0.378 e. The highest BCUT2D eigenvalue weighted by molar-refractivity contribution is 7.98. The van der Waals surface area contributed by atoms with E-state index in [-0.39, 0.29) is 0 Å². The monoisotopic (exact) mass is 286 g/mol. The van der Waals surface area contributed by atoms with Gasteiger partial charge in [0.1, 0.15) is 0 Å². The lowest BCUT2D eigenvalue weighted by Crippen LogP contribution is -2.38. The van der Waals surface area contributed by atoms with Crippen molar-refractivity contribution in [3.05, 3.63) is 11.3 Å². The molecule has 110 valence electrons. The molecule has 1 heterocycles. The van der Waals surface area contributed by atoms with Crippen LogP contribution in [0.1, 0.15) is 6.92 Å². The van der Waals surface area contributed by atoms with Gasteiger partial charge in [-0.1, -0.05) is 0 Å². The highest BCUT2D eigenvalue weighted by Crippen LogP contribution is 2.16. The van der Waals surface area contributed by atoms with Crippen molar-refractivity contribution in [1.82, 2.24) is 9.80 Å². The van der Waals surface area contributed by atoms with Crippen LogP contribution in [-0.4, -0.2) is 74.7 Å². The van der Waals surface area contributed by atoms with Crippen molar-refractivity contribution in [2.75, 3.05) is 59.0 Å². The maximum atomic E-state index is 5.87. The molecule has 1 aliphatic heterocycles. The van der Waals surface area contributed by atoms with Crippen LogP contribution in [0.25, 0.3) is 0 Å². The lowest BCUT2D eigenvalue weighted by molar-refractivity contribution is 0.0527. The van der Waals surface area contributed by atoms with Gasteiger partial charge in [0.15, 0.2) is 5.96 Å². The van der Waals surface area contributed by atoms with Gasteiger partial charge in [-0.05, 0) is 18.8 Å². The third-order valence-electron chi connectivity index (χ3n) is 3.10. The largest absolute Gasteiger partial charge is 0.378 e. The molecule has 1 fully saturated rings. The SMILES string of the molecule is CSC/C(C)=C(\CN=C(N)N(C)C)N1CCOCC1. The van der Waals surface area contributed by atoms with Crippen molar-refractivity contribution in [1.29, 1.82) is 0 Å². The first-order valence-corrected chi connectivity index (χ1v) is 7.93. The molecule has 1 rings (SSSR count). The summed E-state index contributed by atoms with van der Waals surface area (Å²) in [4.78, 5) is 8.68. The molecule has 0 radical (unpaired) electrons. The number of hydrogen-bond donors (Lipinski definition) is 1. The summed E-state index contributed by atoms with van der Waals surface area (Å²) in [5.41, 5.74) is 8.55. The van der Waals surface area contributed by atoms with E-state index in [4.69, 9.17) is 10.5 Å². The van der Waals surface area contributed by atoms with Crippen LogP contribution >= 0.6 is 11.8 Å². The Morgan fingerprint density at radius 3 is 2.53 bits per heavy atom. The number of guanidine groups is 1. The molecule has 0 bridgehead atoms. The number of hydrogen-bond acceptors (Lipinski definition) is 4. The lowest BCUT2D eigenvalue weighted by Gasteiger charge is -2.32. The number of rotatable bonds is 5. The van der Waals surface area contributed by atoms with Crippen molar-refractivity contribution < 1.29 is 4.74 Å². The van der Waals surface area contributed by atoms with Gasteiger partial charge in [0.2, 0.25) is 0 Å². The fraction of sp³-hybridized carbons (Fsp3) is 0.769. The van der Waals surface area contributed by atoms with Gasteiger partial charge in [0.05, 0.1) is 19.8 Å². The summed E-state index contributed by atoms with van der Waals surface area (Å²) in [5.74, 6) is 1.60. The first-order valence-electron chi connectivity index (χ1n) is 6.53. The molecule has 0 aromatic heterocycles. The molecule has 6 heteroatoms. The van der Waals surface area contributed by atoms with E-state index in [2.05, 4.69) is 23.1 Å². The van der Waals surface area contributed by atoms with E-state index in [9.17, 15) is 0 Å². The van der Waals surface area contributed by atoms with E-state index >= 15 is 0 Å². The standard InChI is InChI=1S/C13H26N4OS/c1-11(10-19-4)12(9-15-13(14)16(2)3)17-5-7-18-8-6-17/h5-10H2,1-4H3,(H2,14,15)/b12-11+. The Balaban J connectivity index is 2.80. The van der Waals surface area contributed by atoms with Gasteiger partial charge in [-0.3, -0.25) is 0 Å². The molecule has 0 aromatic carbocycles. The Morgan fingerprint density at radius 1 is 1.37 bits per heavy atom. The van der Waals surface area contributed by atoms with E-state index in [1.807, 2.05) is 30.8 Å². The zero-order valence-corrected chi connectivity index (χ0v) is 13.3. The third kappa shape index (κ3) is 5.32. The van der Waals surface area contributed by atoms with E-state index in [1.165, 1.54) is 11.3 Å². The van der Waals surface area contributed by atoms with Crippen LogP contribution in [0.4, 0.5) is 0 Å². The number of nitrogens with zero attached hydrogens (tertiary/aromatic N) is 3. The normalized spacial score (nSPS) is 18.3. The minimum absolute atomic E-state index is 0.572. The van der Waals surface area contributed by atoms with Crippen LogP contribution in [0.5, 0.6) is 0 Å². The molecule has 0 spiro atoms. The number of aliphatic imine (C=N–C) groups is 1. The maximum absolute atomic E-state index is 5.87. The fourth-order valence-electron chi connectivity index (χ4n) is 1.94. The fourth-order valence-corrected chi connectivity index (χ4v) is 2.53. The first-order chi connectivity index (χ1) is 9.06. The molecule has 2 N–H and O–H groups in total. The molecule has 1 saturated heterocycles. The van der Waals surface area contributed by atoms with Gasteiger partial charge < -0.3 is 20.3 Å². The van der Waals surface area contributed by atoms with Gasteiger partial charge >= 0.3 is 0 Å². The zero-order valence-electron chi connectivity index (χ0n) is 12.5. The van der Waals surface area contributed by atoms with Crippen LogP contribution in [0.15, 0.2) is 16.3 Å². The average Bonchev–Trinajstić information content (AvgIpc) is 2.40. The summed E-state index contributed by atoms with van der Waals surface area (Å²) in [6.07, 6.45) is 2.12. The topological polar surface area (TPSA) is 54.1 Å². The van der Waals surface area contributed by atoms with E-state index in [0.717, 1.165) is 32.1 Å². The number of ether oxygens (including phenoxy) is 1. The summed E-state index contributed by atoms with van der Waals surface area (Å²) in [6.45, 7) is 6.31. The molecule has 0 unspecified atom stereocenters. The van der Waals surface area contributed by atoms with E-state index < -0.39 is 0 Å². The van der Waals surface area contributed by atoms with E-state index in [1.54, 1.807) is 0 Å². The number of thioether (sulfide) groups is 1. The van der Waals surface area contributed by atoms with Gasteiger partial charge in [0.25, 0.3) is 0 Å². The summed E-state index contributed by atoms with van der Waals surface area (Å²) < 4.78 is 5.42. The zero-order chi connectivity index (χ0) is 14.3. The molecule has 19 heavy (non-hydrogen) atoms. The highest BCUT2D eigenvalue weighted by atomic mass is 32.2. The van der Waals surface area contributed by atoms with Gasteiger partial charge in [-0.2, -0.15) is 11.8 Å². The highest BCUT2D eigenvalue weighted by Gasteiger charge is 2.15. The van der Waals surface area contributed by atoms with Crippen LogP contribution in [0.2, 0.25) is 0 Å². The second-order valence-electron chi connectivity index (χ2n) is 4.83. The van der Waals surface area contributed by atoms with Crippen molar-refractivity contribution in [2.45, 2.75) is 6.92 Å². The molecule has 0 aliphatic carbocycles. The van der Waals surface area contributed by atoms with Crippen LogP contribution in [0, 0.1) is 0 Å². The van der Waals surface area contributed by atoms with Crippen molar-refractivity contribution >= 4 is 17.7 Å². The third-order valence-corrected chi connectivity index (χ3v) is 3.82. The average molecular weight is 286 g/mol. The second kappa shape index (κ2) is 8.32. The first kappa shape index (κ1) is 16.2. The number of nitrogens with two attached hydrogens (primary N) is 1. The molecular formula is C13H26N4OS. The van der Waals surface area contributed by atoms with E-state index in [0.29, 0.717) is 12.5 Å². The molecule has 5 nitrogen and oxygen atoms in total. The smallest absolute Gasteiger partial charge is 0.191 e. The molecule has 1 aliphatic rings. The lowest BCUT2D eigenvalue weighted by atomic mass is 10.2. The van der Waals surface area contributed by atoms with Crippen LogP contribution in [0.3, 0.4) is 0 Å². The summed E-state index contributed by atoms with van der Waals surface area (Å²) in [6, 6.07) is 0. The summed E-state index contributed by atoms with van der Waals surface area (Å²) in [5, 5.41) is 0. The molecular weight excluding hydrogens is 260 g/mol. The Bertz CT molecular complexity index is 336. The summed E-state index contributed by atoms with van der Waals surface area (Å²) >= 11 is 1.84. The Kier molecular flexibility index (Phi) is 7.09. The Morgan fingerprint density at radius 2 is 2.00 bits per heavy atom. The number of morpholine rings is 1. The Hall–Kier alpha value is -0.880. The molecule has 0 aromatic rings. The second-order valence-corrected chi connectivity index (χ2v) is 5.69. The van der Waals surface area contributed by atoms with Crippen LogP contribution in [-0.2, 0) is 4.74 Å². The van der Waals surface area contributed by atoms with Gasteiger partial charge in [0, 0.05) is 38.6 Å². The van der Waals surface area contributed by atoms with Crippen molar-refractivity contribution in [2.24, 2.45) is 10.7 Å². The summed E-state index contributed by atoms with van der Waals surface area (Å²) in [7, 11) is 3.82. The van der Waals surface area contributed by atoms with Crippen molar-refractivity contribution in [3.8, 4) is 0 Å².